The van der Waals surface area contributed by atoms with E-state index in [0.29, 0.717) is 44.5 Å². The van der Waals surface area contributed by atoms with Gasteiger partial charge in [0.1, 0.15) is 11.5 Å². The van der Waals surface area contributed by atoms with Crippen molar-refractivity contribution in [2.45, 2.75) is 0 Å². The number of hydrogen-bond donors (Lipinski definition) is 0. The third-order valence-electron chi connectivity index (χ3n) is 7.15. The molecule has 5 aromatic carbocycles. The molecule has 5 aromatic rings. The number of ether oxygens (including phenoxy) is 2. The van der Waals surface area contributed by atoms with Crippen LogP contribution < -0.4 is 9.47 Å². The van der Waals surface area contributed by atoms with Crippen LogP contribution in [0, 0.1) is 0 Å². The molecule has 0 aliphatic heterocycles. The highest BCUT2D eigenvalue weighted by molar-refractivity contribution is 6.23. The van der Waals surface area contributed by atoms with Gasteiger partial charge in [-0.3, -0.25) is 9.59 Å². The van der Waals surface area contributed by atoms with Gasteiger partial charge in [0.15, 0.2) is 11.6 Å². The second-order valence-corrected chi connectivity index (χ2v) is 9.52. The number of carbonyl (C=O) groups is 4. The summed E-state index contributed by atoms with van der Waals surface area (Å²) in [5.74, 6) is -0.963. The maximum absolute atomic E-state index is 13.0. The first kappa shape index (κ1) is 23.5. The van der Waals surface area contributed by atoms with Gasteiger partial charge in [0.2, 0.25) is 0 Å². The molecule has 2 aliphatic rings. The quantitative estimate of drug-likeness (QED) is 0.193. The van der Waals surface area contributed by atoms with Gasteiger partial charge in [-0.15, -0.1) is 0 Å². The molecule has 0 atom stereocenters. The van der Waals surface area contributed by atoms with Crippen molar-refractivity contribution >= 4 is 23.5 Å². The third-order valence-corrected chi connectivity index (χ3v) is 7.15. The standard InChI is InChI=1S/C34H18O6/c35-31-25-10-3-1-8-23(25)29-16-19(12-14-27(29)31)33(37)39-21-6-5-7-22(18-21)40-34(38)20-13-15-28-30(17-20)24-9-2-4-11-26(24)32(28)36/h1-18H. The number of esters is 2. The first-order valence-electron chi connectivity index (χ1n) is 12.6. The highest BCUT2D eigenvalue weighted by Crippen LogP contribution is 2.38. The van der Waals surface area contributed by atoms with Crippen LogP contribution in [0.3, 0.4) is 0 Å². The Morgan fingerprint density at radius 2 is 0.800 bits per heavy atom. The van der Waals surface area contributed by atoms with Gasteiger partial charge in [-0.25, -0.2) is 9.59 Å². The summed E-state index contributed by atoms with van der Waals surface area (Å²) < 4.78 is 11.1. The fourth-order valence-corrected chi connectivity index (χ4v) is 5.24. The van der Waals surface area contributed by atoms with Crippen molar-refractivity contribution in [1.29, 1.82) is 0 Å². The van der Waals surface area contributed by atoms with Crippen LogP contribution in [0.15, 0.2) is 109 Å². The summed E-state index contributed by atoms with van der Waals surface area (Å²) in [6.45, 7) is 0. The van der Waals surface area contributed by atoms with E-state index in [9.17, 15) is 19.2 Å². The van der Waals surface area contributed by atoms with E-state index in [1.54, 1.807) is 66.7 Å². The largest absolute Gasteiger partial charge is 0.423 e. The normalized spacial score (nSPS) is 12.3. The molecular formula is C34H18O6. The number of benzene rings is 5. The molecule has 0 N–H and O–H groups in total. The zero-order chi connectivity index (χ0) is 27.4. The second-order valence-electron chi connectivity index (χ2n) is 9.52. The lowest BCUT2D eigenvalue weighted by Crippen LogP contribution is -2.11. The van der Waals surface area contributed by atoms with Crippen molar-refractivity contribution in [3.8, 4) is 33.8 Å². The molecular weight excluding hydrogens is 504 g/mol. The van der Waals surface area contributed by atoms with Gasteiger partial charge >= 0.3 is 11.9 Å². The molecule has 0 saturated heterocycles. The second kappa shape index (κ2) is 8.99. The first-order valence-corrected chi connectivity index (χ1v) is 12.6. The minimum Gasteiger partial charge on any atom is -0.423 e. The summed E-state index contributed by atoms with van der Waals surface area (Å²) in [5.41, 5.74) is 5.84. The molecule has 40 heavy (non-hydrogen) atoms. The van der Waals surface area contributed by atoms with Gasteiger partial charge in [-0.05, 0) is 70.8 Å². The van der Waals surface area contributed by atoms with Crippen LogP contribution in [-0.2, 0) is 0 Å². The van der Waals surface area contributed by atoms with Gasteiger partial charge in [0.25, 0.3) is 0 Å². The summed E-state index contributed by atoms with van der Waals surface area (Å²) in [6, 6.07) is 30.5. The highest BCUT2D eigenvalue weighted by atomic mass is 16.5. The summed E-state index contributed by atoms with van der Waals surface area (Å²) in [6.07, 6.45) is 0. The molecule has 7 rings (SSSR count). The summed E-state index contributed by atoms with van der Waals surface area (Å²) in [5, 5.41) is 0. The van der Waals surface area contributed by atoms with Crippen LogP contribution in [0.25, 0.3) is 22.3 Å². The number of carbonyl (C=O) groups excluding carboxylic acids is 4. The number of fused-ring (bicyclic) bond motifs is 6. The molecule has 190 valence electrons. The maximum atomic E-state index is 13.0. The van der Waals surface area contributed by atoms with Gasteiger partial charge in [0.05, 0.1) is 11.1 Å². The number of rotatable bonds is 4. The average Bonchev–Trinajstić information content (AvgIpc) is 3.44. The van der Waals surface area contributed by atoms with Crippen molar-refractivity contribution in [2.24, 2.45) is 0 Å². The molecule has 6 heteroatoms. The molecule has 0 spiro atoms. The smallest absolute Gasteiger partial charge is 0.343 e. The molecule has 0 fully saturated rings. The molecule has 2 aliphatic carbocycles. The van der Waals surface area contributed by atoms with Crippen LogP contribution in [0.1, 0.15) is 52.6 Å². The van der Waals surface area contributed by atoms with Gasteiger partial charge in [-0.2, -0.15) is 0 Å². The molecule has 0 bridgehead atoms. The Labute approximate surface area is 228 Å². The molecule has 0 heterocycles. The lowest BCUT2D eigenvalue weighted by atomic mass is 10.0. The minimum absolute atomic E-state index is 0.0702. The van der Waals surface area contributed by atoms with E-state index in [0.717, 1.165) is 11.1 Å². The van der Waals surface area contributed by atoms with Crippen LogP contribution >= 0.6 is 0 Å². The lowest BCUT2D eigenvalue weighted by Gasteiger charge is -2.09. The topological polar surface area (TPSA) is 86.7 Å². The molecule has 6 nitrogen and oxygen atoms in total. The Kier molecular flexibility index (Phi) is 5.28. The highest BCUT2D eigenvalue weighted by Gasteiger charge is 2.28. The SMILES string of the molecule is O=C(Oc1cccc(OC(=O)c2ccc3c(c2)-c2ccccc2C3=O)c1)c1ccc2c(c1)-c1ccccc1C2=O. The monoisotopic (exact) mass is 522 g/mol. The predicted octanol–water partition coefficient (Wildman–Crippen LogP) is 6.55. The van der Waals surface area contributed by atoms with Gasteiger partial charge in [0, 0.05) is 28.3 Å². The molecule has 0 saturated carbocycles. The number of hydrogen-bond acceptors (Lipinski definition) is 6. The van der Waals surface area contributed by atoms with Crippen LogP contribution in [-0.4, -0.2) is 23.5 Å². The summed E-state index contributed by atoms with van der Waals surface area (Å²) in [7, 11) is 0. The zero-order valence-electron chi connectivity index (χ0n) is 20.8. The molecule has 0 radical (unpaired) electrons. The Morgan fingerprint density at radius 1 is 0.400 bits per heavy atom. The van der Waals surface area contributed by atoms with Crippen LogP contribution in [0.5, 0.6) is 11.5 Å². The van der Waals surface area contributed by atoms with Crippen molar-refractivity contribution < 1.29 is 28.7 Å². The third kappa shape index (κ3) is 3.74. The zero-order valence-corrected chi connectivity index (χ0v) is 20.8. The first-order chi connectivity index (χ1) is 19.5. The summed E-state index contributed by atoms with van der Waals surface area (Å²) in [4.78, 5) is 51.2. The van der Waals surface area contributed by atoms with E-state index in [-0.39, 0.29) is 23.1 Å². The van der Waals surface area contributed by atoms with Crippen molar-refractivity contribution in [3.05, 3.63) is 143 Å². The van der Waals surface area contributed by atoms with E-state index < -0.39 is 11.9 Å². The Bertz CT molecular complexity index is 1800. The van der Waals surface area contributed by atoms with Crippen molar-refractivity contribution in [1.82, 2.24) is 0 Å². The van der Waals surface area contributed by atoms with Crippen molar-refractivity contribution in [2.75, 3.05) is 0 Å². The van der Waals surface area contributed by atoms with E-state index in [1.165, 1.54) is 6.07 Å². The van der Waals surface area contributed by atoms with Gasteiger partial charge < -0.3 is 9.47 Å². The molecule has 0 unspecified atom stereocenters. The van der Waals surface area contributed by atoms with Crippen LogP contribution in [0.4, 0.5) is 0 Å². The lowest BCUT2D eigenvalue weighted by molar-refractivity contribution is 0.0731. The van der Waals surface area contributed by atoms with Gasteiger partial charge in [-0.1, -0.05) is 54.6 Å². The Hall–Kier alpha value is -5.62. The van der Waals surface area contributed by atoms with E-state index in [4.69, 9.17) is 9.47 Å². The van der Waals surface area contributed by atoms with Crippen molar-refractivity contribution in [3.63, 3.8) is 0 Å². The fourth-order valence-electron chi connectivity index (χ4n) is 5.24. The molecule has 0 amide bonds. The minimum atomic E-state index is -0.606. The van der Waals surface area contributed by atoms with Crippen LogP contribution in [0.2, 0.25) is 0 Å². The molecule has 0 aromatic heterocycles. The van der Waals surface area contributed by atoms with E-state index >= 15 is 0 Å². The average molecular weight is 523 g/mol. The fraction of sp³-hybridized carbons (Fsp3) is 0. The number of ketones is 2. The predicted molar refractivity (Wildman–Crippen MR) is 147 cm³/mol. The maximum Gasteiger partial charge on any atom is 0.343 e. The van der Waals surface area contributed by atoms with E-state index in [1.807, 2.05) is 36.4 Å². The Balaban J connectivity index is 1.09. The van der Waals surface area contributed by atoms with E-state index in [2.05, 4.69) is 0 Å². The Morgan fingerprint density at radius 3 is 1.25 bits per heavy atom. The summed E-state index contributed by atoms with van der Waals surface area (Å²) >= 11 is 0.